The van der Waals surface area contributed by atoms with Crippen LogP contribution in [0.2, 0.25) is 0 Å². The van der Waals surface area contributed by atoms with Crippen LogP contribution in [0.1, 0.15) is 37.0 Å². The summed E-state index contributed by atoms with van der Waals surface area (Å²) in [5, 5.41) is -0.243. The van der Waals surface area contributed by atoms with Crippen LogP contribution in [0.15, 0.2) is 24.3 Å². The Labute approximate surface area is 123 Å². The molecule has 2 unspecified atom stereocenters. The average molecular weight is 313 g/mol. The zero-order valence-electron chi connectivity index (χ0n) is 11.3. The number of hydrogen-bond acceptors (Lipinski definition) is 3. The minimum Gasteiger partial charge on any atom is -0.323 e. The van der Waals surface area contributed by atoms with Crippen LogP contribution in [0, 0.1) is 0 Å². The summed E-state index contributed by atoms with van der Waals surface area (Å²) in [6.45, 7) is 1.87. The van der Waals surface area contributed by atoms with Crippen molar-refractivity contribution in [2.24, 2.45) is 0 Å². The fraction of sp³-hybridized carbons (Fsp3) is 0.500. The standard InChI is InChI=1S/C14H17ClN2O2S/c1-10(15)14-16-12-6-2-3-7-13(12)17(14)11-5-4-8-20(18,19)9-11/h2-3,6-7,10-11H,4-5,8-9H2,1H3. The zero-order chi connectivity index (χ0) is 14.3. The molecule has 2 heterocycles. The Morgan fingerprint density at radius 2 is 2.15 bits per heavy atom. The molecule has 1 aromatic carbocycles. The maximum atomic E-state index is 11.9. The molecule has 2 aromatic rings. The maximum absolute atomic E-state index is 11.9. The molecular formula is C14H17ClN2O2S. The van der Waals surface area contributed by atoms with E-state index in [1.807, 2.05) is 35.8 Å². The monoisotopic (exact) mass is 312 g/mol. The molecule has 20 heavy (non-hydrogen) atoms. The van der Waals surface area contributed by atoms with Crippen molar-refractivity contribution in [3.05, 3.63) is 30.1 Å². The lowest BCUT2D eigenvalue weighted by Crippen LogP contribution is -2.28. The van der Waals surface area contributed by atoms with Crippen molar-refractivity contribution in [2.45, 2.75) is 31.2 Å². The van der Waals surface area contributed by atoms with Crippen molar-refractivity contribution in [2.75, 3.05) is 11.5 Å². The highest BCUT2D eigenvalue weighted by Gasteiger charge is 2.29. The first-order valence-corrected chi connectivity index (χ1v) is 9.05. The predicted octanol–water partition coefficient (Wildman–Crippen LogP) is 3.09. The molecule has 1 aliphatic heterocycles. The maximum Gasteiger partial charge on any atom is 0.152 e. The van der Waals surface area contributed by atoms with Crippen LogP contribution < -0.4 is 0 Å². The number of halogens is 1. The minimum absolute atomic E-state index is 0.0580. The Morgan fingerprint density at radius 1 is 1.40 bits per heavy atom. The average Bonchev–Trinajstić information content (AvgIpc) is 2.77. The van der Waals surface area contributed by atoms with Gasteiger partial charge in [-0.25, -0.2) is 13.4 Å². The molecule has 4 nitrogen and oxygen atoms in total. The molecule has 0 radical (unpaired) electrons. The van der Waals surface area contributed by atoms with Gasteiger partial charge in [-0.05, 0) is 31.9 Å². The van der Waals surface area contributed by atoms with E-state index in [0.29, 0.717) is 12.2 Å². The Kier molecular flexibility index (Phi) is 3.50. The normalized spacial score (nSPS) is 23.8. The number of para-hydroxylation sites is 2. The molecule has 108 valence electrons. The quantitative estimate of drug-likeness (QED) is 0.801. The van der Waals surface area contributed by atoms with Crippen molar-refractivity contribution < 1.29 is 8.42 Å². The molecule has 2 atom stereocenters. The van der Waals surface area contributed by atoms with Gasteiger partial charge in [0.2, 0.25) is 0 Å². The van der Waals surface area contributed by atoms with Gasteiger partial charge in [-0.15, -0.1) is 11.6 Å². The number of rotatable bonds is 2. The second kappa shape index (κ2) is 5.04. The SMILES string of the molecule is CC(Cl)c1nc2ccccc2n1C1CCCS(=O)(=O)C1. The van der Waals surface area contributed by atoms with E-state index in [0.717, 1.165) is 23.3 Å². The Balaban J connectivity index is 2.16. The van der Waals surface area contributed by atoms with Gasteiger partial charge in [0.15, 0.2) is 9.84 Å². The van der Waals surface area contributed by atoms with Gasteiger partial charge < -0.3 is 4.57 Å². The number of imidazole rings is 1. The van der Waals surface area contributed by atoms with Crippen molar-refractivity contribution >= 4 is 32.5 Å². The first-order valence-electron chi connectivity index (χ1n) is 6.79. The van der Waals surface area contributed by atoms with Gasteiger partial charge in [0.05, 0.1) is 27.9 Å². The first kappa shape index (κ1) is 13.9. The summed E-state index contributed by atoms with van der Waals surface area (Å²) in [5.74, 6) is 1.24. The number of aromatic nitrogens is 2. The number of alkyl halides is 1. The summed E-state index contributed by atoms with van der Waals surface area (Å²) in [6, 6.07) is 7.73. The second-order valence-electron chi connectivity index (χ2n) is 5.36. The Hall–Kier alpha value is -1.07. The molecule has 0 bridgehead atoms. The molecule has 1 fully saturated rings. The number of benzene rings is 1. The van der Waals surface area contributed by atoms with Crippen molar-refractivity contribution in [3.63, 3.8) is 0 Å². The van der Waals surface area contributed by atoms with Crippen LogP contribution in [-0.4, -0.2) is 29.5 Å². The predicted molar refractivity (Wildman–Crippen MR) is 80.9 cm³/mol. The number of hydrogen-bond donors (Lipinski definition) is 0. The largest absolute Gasteiger partial charge is 0.323 e. The fourth-order valence-electron chi connectivity index (χ4n) is 2.93. The fourth-order valence-corrected chi connectivity index (χ4v) is 4.76. The van der Waals surface area contributed by atoms with Crippen LogP contribution in [0.5, 0.6) is 0 Å². The third kappa shape index (κ3) is 2.44. The van der Waals surface area contributed by atoms with E-state index in [-0.39, 0.29) is 17.2 Å². The van der Waals surface area contributed by atoms with Crippen molar-refractivity contribution in [3.8, 4) is 0 Å². The summed E-state index contributed by atoms with van der Waals surface area (Å²) in [4.78, 5) is 4.57. The highest BCUT2D eigenvalue weighted by molar-refractivity contribution is 7.91. The highest BCUT2D eigenvalue weighted by atomic mass is 35.5. The summed E-state index contributed by atoms with van der Waals surface area (Å²) in [5.41, 5.74) is 1.84. The molecule has 1 saturated heterocycles. The van der Waals surface area contributed by atoms with E-state index < -0.39 is 9.84 Å². The van der Waals surface area contributed by atoms with Gasteiger partial charge in [-0.2, -0.15) is 0 Å². The molecule has 0 amide bonds. The Bertz CT molecular complexity index is 737. The molecule has 0 N–H and O–H groups in total. The van der Waals surface area contributed by atoms with Gasteiger partial charge in [-0.1, -0.05) is 12.1 Å². The third-order valence-electron chi connectivity index (χ3n) is 3.78. The lowest BCUT2D eigenvalue weighted by Gasteiger charge is -2.26. The van der Waals surface area contributed by atoms with Crippen molar-refractivity contribution in [1.29, 1.82) is 0 Å². The second-order valence-corrected chi connectivity index (χ2v) is 8.24. The number of sulfone groups is 1. The lowest BCUT2D eigenvalue weighted by atomic mass is 10.1. The van der Waals surface area contributed by atoms with E-state index in [1.165, 1.54) is 0 Å². The van der Waals surface area contributed by atoms with Gasteiger partial charge >= 0.3 is 0 Å². The molecule has 0 saturated carbocycles. The summed E-state index contributed by atoms with van der Waals surface area (Å²) in [7, 11) is -2.96. The van der Waals surface area contributed by atoms with Crippen molar-refractivity contribution in [1.82, 2.24) is 9.55 Å². The topological polar surface area (TPSA) is 52.0 Å². The van der Waals surface area contributed by atoms with E-state index in [9.17, 15) is 8.42 Å². The minimum atomic E-state index is -2.96. The van der Waals surface area contributed by atoms with Crippen LogP contribution in [0.25, 0.3) is 11.0 Å². The summed E-state index contributed by atoms with van der Waals surface area (Å²) < 4.78 is 25.8. The van der Waals surface area contributed by atoms with Gasteiger partial charge in [0.1, 0.15) is 5.82 Å². The molecule has 0 aliphatic carbocycles. The summed E-state index contributed by atoms with van der Waals surface area (Å²) >= 11 is 6.24. The highest BCUT2D eigenvalue weighted by Crippen LogP contribution is 2.32. The summed E-state index contributed by atoms with van der Waals surface area (Å²) in [6.07, 6.45) is 1.56. The number of fused-ring (bicyclic) bond motifs is 1. The van der Waals surface area contributed by atoms with Crippen LogP contribution >= 0.6 is 11.6 Å². The van der Waals surface area contributed by atoms with Gasteiger partial charge in [0, 0.05) is 6.04 Å². The van der Waals surface area contributed by atoms with E-state index >= 15 is 0 Å². The molecule has 3 rings (SSSR count). The molecule has 1 aromatic heterocycles. The number of nitrogens with zero attached hydrogens (tertiary/aromatic N) is 2. The molecule has 0 spiro atoms. The first-order chi connectivity index (χ1) is 9.48. The lowest BCUT2D eigenvalue weighted by molar-refractivity contribution is 0.466. The van der Waals surface area contributed by atoms with Gasteiger partial charge in [0.25, 0.3) is 0 Å². The molecular weight excluding hydrogens is 296 g/mol. The van der Waals surface area contributed by atoms with Crippen LogP contribution in [0.3, 0.4) is 0 Å². The third-order valence-corrected chi connectivity index (χ3v) is 5.78. The van der Waals surface area contributed by atoms with Gasteiger partial charge in [-0.3, -0.25) is 0 Å². The van der Waals surface area contributed by atoms with Crippen LogP contribution in [0.4, 0.5) is 0 Å². The molecule has 1 aliphatic rings. The zero-order valence-corrected chi connectivity index (χ0v) is 12.9. The van der Waals surface area contributed by atoms with E-state index in [4.69, 9.17) is 11.6 Å². The van der Waals surface area contributed by atoms with Crippen LogP contribution in [-0.2, 0) is 9.84 Å². The molecule has 6 heteroatoms. The van der Waals surface area contributed by atoms with E-state index in [2.05, 4.69) is 4.98 Å². The van der Waals surface area contributed by atoms with E-state index in [1.54, 1.807) is 0 Å². The Morgan fingerprint density at radius 3 is 2.85 bits per heavy atom. The smallest absolute Gasteiger partial charge is 0.152 e.